The van der Waals surface area contributed by atoms with Crippen LogP contribution in [0.25, 0.3) is 10.9 Å². The van der Waals surface area contributed by atoms with Gasteiger partial charge in [0, 0.05) is 23.3 Å². The van der Waals surface area contributed by atoms with E-state index in [9.17, 15) is 31.1 Å². The number of hydrogen-bond acceptors (Lipinski definition) is 4. The van der Waals surface area contributed by atoms with Gasteiger partial charge in [0.25, 0.3) is 0 Å². The van der Waals surface area contributed by atoms with Gasteiger partial charge in [-0.3, -0.25) is 4.79 Å². The van der Waals surface area contributed by atoms with E-state index in [1.54, 1.807) is 0 Å². The smallest absolute Gasteiger partial charge is 0.288 e. The number of para-hydroxylation sites is 1. The van der Waals surface area contributed by atoms with Gasteiger partial charge < -0.3 is 0 Å². The maximum absolute atomic E-state index is 13.2. The van der Waals surface area contributed by atoms with Crippen molar-refractivity contribution in [3.05, 3.63) is 65.4 Å². The molecular formula is C16H7F6N3O. The molecule has 10 heteroatoms. The van der Waals surface area contributed by atoms with E-state index in [-0.39, 0.29) is 10.9 Å². The maximum Gasteiger partial charge on any atom is 0.433 e. The largest absolute Gasteiger partial charge is 0.433 e. The molecule has 4 nitrogen and oxygen atoms in total. The van der Waals surface area contributed by atoms with Gasteiger partial charge in [-0.25, -0.2) is 15.0 Å². The lowest BCUT2D eigenvalue weighted by Gasteiger charge is -2.15. The summed E-state index contributed by atoms with van der Waals surface area (Å²) in [6, 6.07) is 3.14. The highest BCUT2D eigenvalue weighted by atomic mass is 19.4. The van der Waals surface area contributed by atoms with Crippen molar-refractivity contribution in [2.45, 2.75) is 12.4 Å². The van der Waals surface area contributed by atoms with Crippen LogP contribution in [0.2, 0.25) is 0 Å². The Bertz CT molecular complexity index is 983. The van der Waals surface area contributed by atoms with Crippen LogP contribution < -0.4 is 0 Å². The summed E-state index contributed by atoms with van der Waals surface area (Å²) >= 11 is 0. The van der Waals surface area contributed by atoms with Crippen LogP contribution in [0.3, 0.4) is 0 Å². The molecule has 0 saturated carbocycles. The van der Waals surface area contributed by atoms with E-state index in [1.807, 2.05) is 0 Å². The maximum atomic E-state index is 13.2. The standard InChI is InChI=1S/C16H7F6N3O/c17-15(18,19)11-3-1-2-9-10(14(26)8-5-23-7-24-6-8)4-12(16(20,21)22)25-13(9)11/h1-7H. The summed E-state index contributed by atoms with van der Waals surface area (Å²) in [5.41, 5.74) is -4.63. The van der Waals surface area contributed by atoms with Gasteiger partial charge in [0.1, 0.15) is 12.0 Å². The number of halogens is 6. The highest BCUT2D eigenvalue weighted by Crippen LogP contribution is 2.38. The summed E-state index contributed by atoms with van der Waals surface area (Å²) in [5.74, 6) is -0.942. The Labute approximate surface area is 141 Å². The fourth-order valence-electron chi connectivity index (χ4n) is 2.38. The second kappa shape index (κ2) is 6.04. The third-order valence-electron chi connectivity index (χ3n) is 3.50. The Balaban J connectivity index is 2.36. The normalized spacial score (nSPS) is 12.4. The average Bonchev–Trinajstić information content (AvgIpc) is 2.58. The zero-order chi connectivity index (χ0) is 19.1. The summed E-state index contributed by atoms with van der Waals surface area (Å²) in [4.78, 5) is 22.8. The van der Waals surface area contributed by atoms with Crippen molar-refractivity contribution in [1.29, 1.82) is 0 Å². The topological polar surface area (TPSA) is 55.7 Å². The summed E-state index contributed by atoms with van der Waals surface area (Å²) in [7, 11) is 0. The van der Waals surface area contributed by atoms with Gasteiger partial charge in [-0.05, 0) is 12.1 Å². The van der Waals surface area contributed by atoms with Crippen molar-refractivity contribution >= 4 is 16.7 Å². The quantitative estimate of drug-likeness (QED) is 0.498. The zero-order valence-corrected chi connectivity index (χ0v) is 12.6. The van der Waals surface area contributed by atoms with E-state index in [0.29, 0.717) is 12.1 Å². The summed E-state index contributed by atoms with van der Waals surface area (Å²) in [6.45, 7) is 0. The van der Waals surface area contributed by atoms with Crippen molar-refractivity contribution in [1.82, 2.24) is 15.0 Å². The molecule has 0 amide bonds. The fourth-order valence-corrected chi connectivity index (χ4v) is 2.38. The number of aromatic nitrogens is 3. The van der Waals surface area contributed by atoms with Crippen LogP contribution in [0, 0.1) is 0 Å². The molecule has 2 aromatic heterocycles. The molecule has 0 aliphatic rings. The minimum Gasteiger partial charge on any atom is -0.288 e. The van der Waals surface area contributed by atoms with Crippen LogP contribution in [-0.2, 0) is 12.4 Å². The number of ketones is 1. The summed E-state index contributed by atoms with van der Waals surface area (Å²) in [5, 5.41) is -0.346. The van der Waals surface area contributed by atoms with Gasteiger partial charge in [0.2, 0.25) is 0 Å². The molecule has 3 rings (SSSR count). The third-order valence-corrected chi connectivity index (χ3v) is 3.50. The second-order valence-corrected chi connectivity index (χ2v) is 5.21. The molecule has 0 N–H and O–H groups in total. The minimum absolute atomic E-state index is 0.162. The van der Waals surface area contributed by atoms with Gasteiger partial charge in [0.15, 0.2) is 5.78 Å². The number of carbonyl (C=O) groups excluding carboxylic acids is 1. The monoisotopic (exact) mass is 371 g/mol. The van der Waals surface area contributed by atoms with Crippen LogP contribution in [0.5, 0.6) is 0 Å². The first-order chi connectivity index (χ1) is 12.1. The predicted molar refractivity (Wildman–Crippen MR) is 77.2 cm³/mol. The van der Waals surface area contributed by atoms with Crippen LogP contribution >= 0.6 is 0 Å². The van der Waals surface area contributed by atoms with E-state index in [0.717, 1.165) is 30.9 Å². The van der Waals surface area contributed by atoms with Crippen molar-refractivity contribution in [3.63, 3.8) is 0 Å². The fraction of sp³-hybridized carbons (Fsp3) is 0.125. The number of rotatable bonds is 2. The van der Waals surface area contributed by atoms with Crippen molar-refractivity contribution in [2.75, 3.05) is 0 Å². The molecule has 0 aliphatic carbocycles. The Kier molecular flexibility index (Phi) is 4.13. The molecule has 134 valence electrons. The van der Waals surface area contributed by atoms with E-state index in [1.165, 1.54) is 0 Å². The van der Waals surface area contributed by atoms with Crippen LogP contribution in [0.15, 0.2) is 43.0 Å². The first-order valence-corrected chi connectivity index (χ1v) is 6.97. The number of alkyl halides is 6. The molecule has 0 aliphatic heterocycles. The van der Waals surface area contributed by atoms with Crippen molar-refractivity contribution in [2.24, 2.45) is 0 Å². The Morgan fingerprint density at radius 3 is 2.15 bits per heavy atom. The van der Waals surface area contributed by atoms with Crippen LogP contribution in [-0.4, -0.2) is 20.7 Å². The molecule has 1 aromatic carbocycles. The van der Waals surface area contributed by atoms with Crippen LogP contribution in [0.4, 0.5) is 26.3 Å². The first kappa shape index (κ1) is 17.8. The average molecular weight is 371 g/mol. The molecular weight excluding hydrogens is 364 g/mol. The van der Waals surface area contributed by atoms with Gasteiger partial charge in [-0.15, -0.1) is 0 Å². The Morgan fingerprint density at radius 1 is 0.923 bits per heavy atom. The van der Waals surface area contributed by atoms with Crippen molar-refractivity contribution < 1.29 is 31.1 Å². The number of nitrogens with zero attached hydrogens (tertiary/aromatic N) is 3. The first-order valence-electron chi connectivity index (χ1n) is 6.97. The lowest BCUT2D eigenvalue weighted by atomic mass is 9.98. The molecule has 0 spiro atoms. The second-order valence-electron chi connectivity index (χ2n) is 5.21. The minimum atomic E-state index is -5.03. The molecule has 0 radical (unpaired) electrons. The molecule has 3 aromatic rings. The third kappa shape index (κ3) is 3.22. The highest BCUT2D eigenvalue weighted by Gasteiger charge is 2.38. The van der Waals surface area contributed by atoms with E-state index in [2.05, 4.69) is 15.0 Å². The SMILES string of the molecule is O=C(c1cncnc1)c1cc(C(F)(F)F)nc2c(C(F)(F)F)cccc12. The molecule has 0 atom stereocenters. The van der Waals surface area contributed by atoms with Gasteiger partial charge in [-0.1, -0.05) is 12.1 Å². The lowest BCUT2D eigenvalue weighted by Crippen LogP contribution is -2.14. The number of fused-ring (bicyclic) bond motifs is 1. The molecule has 0 fully saturated rings. The number of benzene rings is 1. The molecule has 2 heterocycles. The molecule has 0 unspecified atom stereocenters. The van der Waals surface area contributed by atoms with E-state index in [4.69, 9.17) is 0 Å². The van der Waals surface area contributed by atoms with Gasteiger partial charge >= 0.3 is 12.4 Å². The van der Waals surface area contributed by atoms with E-state index < -0.39 is 40.5 Å². The molecule has 0 saturated heterocycles. The number of pyridine rings is 1. The van der Waals surface area contributed by atoms with E-state index >= 15 is 0 Å². The summed E-state index contributed by atoms with van der Waals surface area (Å²) in [6.07, 6.45) is -6.75. The van der Waals surface area contributed by atoms with Crippen molar-refractivity contribution in [3.8, 4) is 0 Å². The van der Waals surface area contributed by atoms with Gasteiger partial charge in [0.05, 0.1) is 16.6 Å². The Morgan fingerprint density at radius 2 is 1.58 bits per heavy atom. The molecule has 0 bridgehead atoms. The number of carbonyl (C=O) groups is 1. The number of hydrogen-bond donors (Lipinski definition) is 0. The zero-order valence-electron chi connectivity index (χ0n) is 12.6. The van der Waals surface area contributed by atoms with Gasteiger partial charge in [-0.2, -0.15) is 26.3 Å². The summed E-state index contributed by atoms with van der Waals surface area (Å²) < 4.78 is 78.9. The Hall–Kier alpha value is -3.04. The highest BCUT2D eigenvalue weighted by molar-refractivity contribution is 6.16. The van der Waals surface area contributed by atoms with Crippen LogP contribution in [0.1, 0.15) is 27.2 Å². The molecule has 26 heavy (non-hydrogen) atoms. The lowest BCUT2D eigenvalue weighted by molar-refractivity contribution is -0.142. The predicted octanol–water partition coefficient (Wildman–Crippen LogP) is 4.29.